The molecule has 1 saturated heterocycles. The van der Waals surface area contributed by atoms with E-state index in [0.29, 0.717) is 11.9 Å². The molecule has 0 amide bonds. The summed E-state index contributed by atoms with van der Waals surface area (Å²) in [4.78, 5) is 11.3. The number of para-hydroxylation sites is 1. The molecule has 1 aromatic heterocycles. The van der Waals surface area contributed by atoms with Crippen molar-refractivity contribution in [3.8, 4) is 0 Å². The number of benzene rings is 2. The molecule has 1 fully saturated rings. The number of piperidine rings is 1. The summed E-state index contributed by atoms with van der Waals surface area (Å²) in [7, 11) is 0. The summed E-state index contributed by atoms with van der Waals surface area (Å²) >= 11 is 0. The van der Waals surface area contributed by atoms with Gasteiger partial charge < -0.3 is 11.1 Å². The molecule has 3 aromatic rings. The number of nitrogens with zero attached hydrogens (tertiary/aromatic N) is 3. The molecule has 0 spiro atoms. The van der Waals surface area contributed by atoms with E-state index in [2.05, 4.69) is 50.5 Å². The minimum atomic E-state index is 0.304. The fraction of sp³-hybridized carbons (Fsp3) is 0.273. The minimum absolute atomic E-state index is 0.304. The number of likely N-dealkylation sites (tertiary alicyclic amines) is 1. The van der Waals surface area contributed by atoms with Crippen LogP contribution in [0.1, 0.15) is 29.9 Å². The lowest BCUT2D eigenvalue weighted by molar-refractivity contribution is 0.204. The highest BCUT2D eigenvalue weighted by Crippen LogP contribution is 2.33. The Morgan fingerprint density at radius 1 is 0.963 bits per heavy atom. The van der Waals surface area contributed by atoms with E-state index in [9.17, 15) is 0 Å². The van der Waals surface area contributed by atoms with Crippen LogP contribution in [0.5, 0.6) is 0 Å². The molecule has 2 heterocycles. The number of aromatic nitrogens is 2. The standard InChI is InChI=1S/C22H25N5/c23-22-24-15-20(21(26-22)25-19-9-5-2-6-10-19)18-11-13-27(14-12-18)16-17-7-3-1-4-8-17/h1-10,15,18H,11-14,16H2,(H3,23,24,25,26). The van der Waals surface area contributed by atoms with Gasteiger partial charge in [0.25, 0.3) is 0 Å². The van der Waals surface area contributed by atoms with E-state index in [1.807, 2.05) is 36.5 Å². The van der Waals surface area contributed by atoms with Gasteiger partial charge in [0, 0.05) is 24.0 Å². The smallest absolute Gasteiger partial charge is 0.221 e. The lowest BCUT2D eigenvalue weighted by Crippen LogP contribution is -2.32. The highest BCUT2D eigenvalue weighted by atomic mass is 15.1. The van der Waals surface area contributed by atoms with Gasteiger partial charge in [-0.25, -0.2) is 4.98 Å². The Morgan fingerprint density at radius 2 is 1.63 bits per heavy atom. The van der Waals surface area contributed by atoms with Crippen molar-refractivity contribution in [2.45, 2.75) is 25.3 Å². The predicted molar refractivity (Wildman–Crippen MR) is 110 cm³/mol. The Bertz CT molecular complexity index is 858. The van der Waals surface area contributed by atoms with Crippen LogP contribution in [0, 0.1) is 0 Å². The number of nitrogen functional groups attached to an aromatic ring is 1. The molecule has 4 rings (SSSR count). The first-order chi connectivity index (χ1) is 13.3. The summed E-state index contributed by atoms with van der Waals surface area (Å²) in [5.41, 5.74) is 9.39. The second-order valence-electron chi connectivity index (χ2n) is 7.06. The van der Waals surface area contributed by atoms with E-state index >= 15 is 0 Å². The van der Waals surface area contributed by atoms with Crippen molar-refractivity contribution < 1.29 is 0 Å². The van der Waals surface area contributed by atoms with Crippen molar-refractivity contribution >= 4 is 17.5 Å². The van der Waals surface area contributed by atoms with E-state index in [1.54, 1.807) is 0 Å². The van der Waals surface area contributed by atoms with E-state index in [0.717, 1.165) is 49.5 Å². The maximum Gasteiger partial charge on any atom is 0.221 e. The molecule has 0 unspecified atom stereocenters. The first-order valence-corrected chi connectivity index (χ1v) is 9.49. The van der Waals surface area contributed by atoms with Gasteiger partial charge in [-0.15, -0.1) is 0 Å². The number of hydrogen-bond acceptors (Lipinski definition) is 5. The molecule has 0 bridgehead atoms. The molecule has 138 valence electrons. The van der Waals surface area contributed by atoms with Crippen LogP contribution in [0.25, 0.3) is 0 Å². The topological polar surface area (TPSA) is 67.1 Å². The molecule has 27 heavy (non-hydrogen) atoms. The van der Waals surface area contributed by atoms with Gasteiger partial charge in [-0.05, 0) is 49.5 Å². The lowest BCUT2D eigenvalue weighted by Gasteiger charge is -2.32. The SMILES string of the molecule is Nc1ncc(C2CCN(Cc3ccccc3)CC2)c(Nc2ccccc2)n1. The van der Waals surface area contributed by atoms with Crippen LogP contribution in [0.3, 0.4) is 0 Å². The molecular weight excluding hydrogens is 334 g/mol. The molecular formula is C22H25N5. The fourth-order valence-electron chi connectivity index (χ4n) is 3.71. The zero-order chi connectivity index (χ0) is 18.5. The van der Waals surface area contributed by atoms with Gasteiger partial charge in [0.15, 0.2) is 0 Å². The van der Waals surface area contributed by atoms with Crippen LogP contribution in [-0.2, 0) is 6.54 Å². The maximum atomic E-state index is 5.85. The molecule has 5 nitrogen and oxygen atoms in total. The van der Waals surface area contributed by atoms with Crippen LogP contribution in [-0.4, -0.2) is 28.0 Å². The van der Waals surface area contributed by atoms with E-state index in [4.69, 9.17) is 5.73 Å². The molecule has 0 aliphatic carbocycles. The van der Waals surface area contributed by atoms with Gasteiger partial charge in [-0.1, -0.05) is 48.5 Å². The van der Waals surface area contributed by atoms with Crippen LogP contribution in [0.4, 0.5) is 17.5 Å². The van der Waals surface area contributed by atoms with Crippen LogP contribution in [0.2, 0.25) is 0 Å². The van der Waals surface area contributed by atoms with Gasteiger partial charge in [-0.3, -0.25) is 4.90 Å². The van der Waals surface area contributed by atoms with Gasteiger partial charge in [-0.2, -0.15) is 4.98 Å². The van der Waals surface area contributed by atoms with E-state index in [1.165, 1.54) is 5.56 Å². The largest absolute Gasteiger partial charge is 0.368 e. The van der Waals surface area contributed by atoms with Gasteiger partial charge in [0.2, 0.25) is 5.95 Å². The molecule has 1 aliphatic heterocycles. The zero-order valence-corrected chi connectivity index (χ0v) is 15.4. The lowest BCUT2D eigenvalue weighted by atomic mass is 9.90. The van der Waals surface area contributed by atoms with Crippen LogP contribution < -0.4 is 11.1 Å². The van der Waals surface area contributed by atoms with Gasteiger partial charge in [0.05, 0.1) is 0 Å². The van der Waals surface area contributed by atoms with Crippen molar-refractivity contribution in [2.75, 3.05) is 24.1 Å². The maximum absolute atomic E-state index is 5.85. The van der Waals surface area contributed by atoms with Crippen LogP contribution in [0.15, 0.2) is 66.9 Å². The molecule has 0 atom stereocenters. The summed E-state index contributed by atoms with van der Waals surface area (Å²) in [6.07, 6.45) is 4.10. The third-order valence-electron chi connectivity index (χ3n) is 5.15. The first kappa shape index (κ1) is 17.5. The summed E-state index contributed by atoms with van der Waals surface area (Å²) < 4.78 is 0. The number of rotatable bonds is 5. The minimum Gasteiger partial charge on any atom is -0.368 e. The summed E-state index contributed by atoms with van der Waals surface area (Å²) in [6, 6.07) is 20.8. The molecule has 1 aliphatic rings. The average Bonchev–Trinajstić information content (AvgIpc) is 2.71. The highest BCUT2D eigenvalue weighted by molar-refractivity contribution is 5.60. The summed E-state index contributed by atoms with van der Waals surface area (Å²) in [5.74, 6) is 1.58. The van der Waals surface area contributed by atoms with Crippen LogP contribution >= 0.6 is 0 Å². The van der Waals surface area contributed by atoms with Crippen molar-refractivity contribution in [1.29, 1.82) is 0 Å². The van der Waals surface area contributed by atoms with Gasteiger partial charge >= 0.3 is 0 Å². The number of nitrogens with one attached hydrogen (secondary N) is 1. The molecule has 0 saturated carbocycles. The average molecular weight is 359 g/mol. The quantitative estimate of drug-likeness (QED) is 0.715. The molecule has 5 heteroatoms. The zero-order valence-electron chi connectivity index (χ0n) is 15.4. The predicted octanol–water partition coefficient (Wildman–Crippen LogP) is 4.18. The Morgan fingerprint density at radius 3 is 2.33 bits per heavy atom. The van der Waals surface area contributed by atoms with Crippen molar-refractivity contribution in [1.82, 2.24) is 14.9 Å². The second-order valence-corrected chi connectivity index (χ2v) is 7.06. The third-order valence-corrected chi connectivity index (χ3v) is 5.15. The third kappa shape index (κ3) is 4.44. The molecule has 2 aromatic carbocycles. The second kappa shape index (κ2) is 8.18. The number of anilines is 3. The number of hydrogen-bond donors (Lipinski definition) is 2. The highest BCUT2D eigenvalue weighted by Gasteiger charge is 2.24. The summed E-state index contributed by atoms with van der Waals surface area (Å²) in [6.45, 7) is 3.17. The molecule has 3 N–H and O–H groups in total. The Hall–Kier alpha value is -2.92. The van der Waals surface area contributed by atoms with Gasteiger partial charge in [0.1, 0.15) is 5.82 Å². The van der Waals surface area contributed by atoms with E-state index in [-0.39, 0.29) is 0 Å². The summed E-state index contributed by atoms with van der Waals surface area (Å²) in [5, 5.41) is 3.42. The molecule has 0 radical (unpaired) electrons. The van der Waals surface area contributed by atoms with Crippen molar-refractivity contribution in [3.63, 3.8) is 0 Å². The normalized spacial score (nSPS) is 15.6. The Labute approximate surface area is 160 Å². The fourth-order valence-corrected chi connectivity index (χ4v) is 3.71. The van der Waals surface area contributed by atoms with Crippen molar-refractivity contribution in [2.24, 2.45) is 0 Å². The number of nitrogens with two attached hydrogens (primary N) is 1. The monoisotopic (exact) mass is 359 g/mol. The first-order valence-electron chi connectivity index (χ1n) is 9.49. The Kier molecular flexibility index (Phi) is 5.30. The van der Waals surface area contributed by atoms with E-state index < -0.39 is 0 Å². The van der Waals surface area contributed by atoms with Crippen molar-refractivity contribution in [3.05, 3.63) is 78.0 Å². The Balaban J connectivity index is 1.45.